The molecule has 0 aliphatic carbocycles. The Morgan fingerprint density at radius 1 is 0.923 bits per heavy atom. The Labute approximate surface area is 91.2 Å². The summed E-state index contributed by atoms with van der Waals surface area (Å²) in [6, 6.07) is 8.71. The van der Waals surface area contributed by atoms with E-state index in [1.165, 1.54) is 11.1 Å². The van der Waals surface area contributed by atoms with Crippen LogP contribution in [0, 0.1) is 6.92 Å². The van der Waals surface area contributed by atoms with Crippen LogP contribution in [0.4, 0.5) is 0 Å². The van der Waals surface area contributed by atoms with Gasteiger partial charge in [0, 0.05) is 0 Å². The summed E-state index contributed by atoms with van der Waals surface area (Å²) in [5.41, 5.74) is 2.76. The zero-order valence-electron chi connectivity index (χ0n) is 8.00. The van der Waals surface area contributed by atoms with Crippen LogP contribution in [-0.2, 0) is 19.5 Å². The van der Waals surface area contributed by atoms with E-state index in [-0.39, 0.29) is 28.9 Å². The van der Waals surface area contributed by atoms with Crippen molar-refractivity contribution in [3.8, 4) is 0 Å². The largest absolute Gasteiger partial charge is 2.00 e. The SMILES string of the molecule is Cc1ccc(C(C)C)cc1.[F-].[F-].[Ru+2]. The molecule has 13 heavy (non-hydrogen) atoms. The van der Waals surface area contributed by atoms with Crippen molar-refractivity contribution in [2.75, 3.05) is 0 Å². The predicted molar refractivity (Wildman–Crippen MR) is 45.3 cm³/mol. The molecule has 0 heterocycles. The summed E-state index contributed by atoms with van der Waals surface area (Å²) in [5.74, 6) is 0.653. The summed E-state index contributed by atoms with van der Waals surface area (Å²) in [4.78, 5) is 0. The minimum atomic E-state index is 0. The van der Waals surface area contributed by atoms with Crippen molar-refractivity contribution in [2.45, 2.75) is 26.7 Å². The van der Waals surface area contributed by atoms with Gasteiger partial charge in [0.1, 0.15) is 0 Å². The predicted octanol–water partition coefficient (Wildman–Crippen LogP) is -2.88. The number of halogens is 2. The molecule has 76 valence electrons. The first kappa shape index (κ1) is 18.5. The summed E-state index contributed by atoms with van der Waals surface area (Å²) in [6.07, 6.45) is 0. The van der Waals surface area contributed by atoms with Crippen molar-refractivity contribution in [3.63, 3.8) is 0 Å². The summed E-state index contributed by atoms with van der Waals surface area (Å²) in [6.45, 7) is 6.54. The minimum absolute atomic E-state index is 0. The van der Waals surface area contributed by atoms with Crippen LogP contribution in [0.3, 0.4) is 0 Å². The smallest absolute Gasteiger partial charge is 1.00 e. The standard InChI is InChI=1S/C10H14.2FH.Ru/c1-8(2)10-6-4-9(3)5-7-10;;;/h4-8H,1-3H3;2*1H;/q;;;+2/p-2. The average Bonchev–Trinajstić information content (AvgIpc) is 1.88. The van der Waals surface area contributed by atoms with Crippen LogP contribution in [0.1, 0.15) is 30.9 Å². The summed E-state index contributed by atoms with van der Waals surface area (Å²) in [5, 5.41) is 0. The summed E-state index contributed by atoms with van der Waals surface area (Å²) in [7, 11) is 0. The van der Waals surface area contributed by atoms with Gasteiger partial charge in [-0.2, -0.15) is 0 Å². The van der Waals surface area contributed by atoms with Gasteiger partial charge in [0.15, 0.2) is 0 Å². The fourth-order valence-electron chi connectivity index (χ4n) is 0.951. The van der Waals surface area contributed by atoms with E-state index in [1.807, 2.05) is 0 Å². The summed E-state index contributed by atoms with van der Waals surface area (Å²) >= 11 is 0. The van der Waals surface area contributed by atoms with Crippen LogP contribution in [0.25, 0.3) is 0 Å². The van der Waals surface area contributed by atoms with E-state index < -0.39 is 0 Å². The second kappa shape index (κ2) is 8.31. The molecule has 0 spiro atoms. The Morgan fingerprint density at radius 3 is 1.62 bits per heavy atom. The van der Waals surface area contributed by atoms with E-state index in [2.05, 4.69) is 45.0 Å². The number of hydrogen-bond acceptors (Lipinski definition) is 0. The molecule has 0 unspecified atom stereocenters. The minimum Gasteiger partial charge on any atom is -1.00 e. The molecule has 0 aliphatic rings. The van der Waals surface area contributed by atoms with Crippen LogP contribution in [0.2, 0.25) is 0 Å². The molecular weight excluding hydrogens is 259 g/mol. The maximum atomic E-state index is 2.21. The maximum Gasteiger partial charge on any atom is 2.00 e. The van der Waals surface area contributed by atoms with Crippen LogP contribution in [0.5, 0.6) is 0 Å². The second-order valence-corrected chi connectivity index (χ2v) is 3.07. The van der Waals surface area contributed by atoms with Crippen LogP contribution >= 0.6 is 0 Å². The number of rotatable bonds is 1. The molecule has 0 amide bonds. The average molecular weight is 273 g/mol. The molecule has 0 nitrogen and oxygen atoms in total. The molecule has 0 aliphatic heterocycles. The second-order valence-electron chi connectivity index (χ2n) is 3.07. The Bertz CT molecular complexity index is 207. The van der Waals surface area contributed by atoms with Crippen LogP contribution in [0.15, 0.2) is 24.3 Å². The molecule has 0 atom stereocenters. The van der Waals surface area contributed by atoms with Crippen molar-refractivity contribution in [1.82, 2.24) is 0 Å². The van der Waals surface area contributed by atoms with Gasteiger partial charge in [-0.15, -0.1) is 0 Å². The van der Waals surface area contributed by atoms with Gasteiger partial charge in [0.05, 0.1) is 0 Å². The van der Waals surface area contributed by atoms with Crippen molar-refractivity contribution in [2.24, 2.45) is 0 Å². The first-order valence-corrected chi connectivity index (χ1v) is 3.76. The zero-order chi connectivity index (χ0) is 7.56. The van der Waals surface area contributed by atoms with Gasteiger partial charge in [0.25, 0.3) is 0 Å². The van der Waals surface area contributed by atoms with Crippen LogP contribution in [-0.4, -0.2) is 0 Å². The number of benzene rings is 1. The van der Waals surface area contributed by atoms with E-state index in [9.17, 15) is 0 Å². The normalized spacial score (nSPS) is 8.00. The molecule has 1 aromatic carbocycles. The quantitative estimate of drug-likeness (QED) is 0.483. The van der Waals surface area contributed by atoms with Gasteiger partial charge in [-0.3, -0.25) is 0 Å². The van der Waals surface area contributed by atoms with Gasteiger partial charge in [-0.1, -0.05) is 43.7 Å². The van der Waals surface area contributed by atoms with Gasteiger partial charge >= 0.3 is 19.5 Å². The molecular formula is C10H14F2Ru. The molecule has 0 saturated heterocycles. The van der Waals surface area contributed by atoms with Gasteiger partial charge in [-0.05, 0) is 18.4 Å². The maximum absolute atomic E-state index is 2.21. The molecule has 0 radical (unpaired) electrons. The van der Waals surface area contributed by atoms with Gasteiger partial charge < -0.3 is 9.41 Å². The van der Waals surface area contributed by atoms with Gasteiger partial charge in [-0.25, -0.2) is 0 Å². The fourth-order valence-corrected chi connectivity index (χ4v) is 0.951. The third-order valence-corrected chi connectivity index (χ3v) is 1.74. The topological polar surface area (TPSA) is 0 Å². The van der Waals surface area contributed by atoms with Crippen molar-refractivity contribution < 1.29 is 28.9 Å². The fraction of sp³-hybridized carbons (Fsp3) is 0.400. The van der Waals surface area contributed by atoms with Gasteiger partial charge in [0.2, 0.25) is 0 Å². The monoisotopic (exact) mass is 274 g/mol. The van der Waals surface area contributed by atoms with E-state index in [1.54, 1.807) is 0 Å². The Morgan fingerprint density at radius 2 is 1.31 bits per heavy atom. The Balaban J connectivity index is -0.000000333. The van der Waals surface area contributed by atoms with E-state index in [0.29, 0.717) is 5.92 Å². The summed E-state index contributed by atoms with van der Waals surface area (Å²) < 4.78 is 0. The molecule has 0 bridgehead atoms. The first-order chi connectivity index (χ1) is 4.70. The van der Waals surface area contributed by atoms with Crippen molar-refractivity contribution in [3.05, 3.63) is 35.4 Å². The zero-order valence-corrected chi connectivity index (χ0v) is 9.73. The molecule has 0 aromatic heterocycles. The Hall–Kier alpha value is -0.297. The third kappa shape index (κ3) is 5.87. The van der Waals surface area contributed by atoms with E-state index >= 15 is 0 Å². The number of aryl methyl sites for hydroxylation is 1. The molecule has 1 aromatic rings. The van der Waals surface area contributed by atoms with E-state index in [4.69, 9.17) is 0 Å². The molecule has 3 heteroatoms. The number of hydrogen-bond donors (Lipinski definition) is 0. The molecule has 0 saturated carbocycles. The van der Waals surface area contributed by atoms with Crippen molar-refractivity contribution >= 4 is 0 Å². The first-order valence-electron chi connectivity index (χ1n) is 3.76. The van der Waals surface area contributed by atoms with Crippen LogP contribution < -0.4 is 9.41 Å². The molecule has 1 rings (SSSR count). The Kier molecular flexibility index (Phi) is 11.8. The molecule has 0 fully saturated rings. The van der Waals surface area contributed by atoms with E-state index in [0.717, 1.165) is 0 Å². The third-order valence-electron chi connectivity index (χ3n) is 1.74. The van der Waals surface area contributed by atoms with Crippen molar-refractivity contribution in [1.29, 1.82) is 0 Å². The molecule has 0 N–H and O–H groups in total.